The van der Waals surface area contributed by atoms with Gasteiger partial charge in [0.1, 0.15) is 11.5 Å². The average Bonchev–Trinajstić information content (AvgIpc) is 2.67. The molecule has 0 aromatic heterocycles. The number of carbonyl (C=O) groups is 1. The van der Waals surface area contributed by atoms with Crippen molar-refractivity contribution >= 4 is 35.0 Å². The van der Waals surface area contributed by atoms with Gasteiger partial charge in [0, 0.05) is 6.08 Å². The Morgan fingerprint density at radius 2 is 1.82 bits per heavy atom. The van der Waals surface area contributed by atoms with Gasteiger partial charge in [0.25, 0.3) is 0 Å². The molecule has 0 heterocycles. The van der Waals surface area contributed by atoms with Gasteiger partial charge in [0.15, 0.2) is 5.11 Å². The number of hydrogen-bond donors (Lipinski definition) is 2. The Bertz CT molecular complexity index is 817. The first-order valence-corrected chi connectivity index (χ1v) is 9.63. The number of nitrogens with one attached hydrogen (secondary N) is 2. The maximum absolute atomic E-state index is 12.1. The molecule has 28 heavy (non-hydrogen) atoms. The summed E-state index contributed by atoms with van der Waals surface area (Å²) in [5.41, 5.74) is 1.61. The highest BCUT2D eigenvalue weighted by Crippen LogP contribution is 2.24. The van der Waals surface area contributed by atoms with E-state index in [2.05, 4.69) is 24.5 Å². The van der Waals surface area contributed by atoms with Gasteiger partial charge in [-0.05, 0) is 61.0 Å². The average molecular weight is 399 g/mol. The van der Waals surface area contributed by atoms with Crippen LogP contribution in [0.15, 0.2) is 54.6 Å². The van der Waals surface area contributed by atoms with Crippen molar-refractivity contribution in [2.75, 3.05) is 18.5 Å². The van der Waals surface area contributed by atoms with E-state index in [1.165, 1.54) is 6.08 Å². The van der Waals surface area contributed by atoms with E-state index in [4.69, 9.17) is 21.7 Å². The number of hydrogen-bond acceptors (Lipinski definition) is 4. The zero-order valence-electron chi connectivity index (χ0n) is 16.4. The van der Waals surface area contributed by atoms with Crippen LogP contribution in [-0.2, 0) is 4.79 Å². The molecule has 0 aliphatic heterocycles. The smallest absolute Gasteiger partial charge is 0.250 e. The van der Waals surface area contributed by atoms with Crippen LogP contribution >= 0.6 is 12.2 Å². The summed E-state index contributed by atoms with van der Waals surface area (Å²) in [5, 5.41) is 5.86. The van der Waals surface area contributed by atoms with E-state index in [1.807, 2.05) is 55.5 Å². The van der Waals surface area contributed by atoms with E-state index in [9.17, 15) is 4.79 Å². The Hall–Kier alpha value is -2.86. The molecule has 0 saturated carbocycles. The van der Waals surface area contributed by atoms with Gasteiger partial charge >= 0.3 is 0 Å². The quantitative estimate of drug-likeness (QED) is 0.501. The molecule has 2 rings (SSSR count). The molecule has 2 aromatic rings. The number of amides is 1. The van der Waals surface area contributed by atoms with Crippen LogP contribution in [0.3, 0.4) is 0 Å². The van der Waals surface area contributed by atoms with E-state index in [-0.39, 0.29) is 11.0 Å². The van der Waals surface area contributed by atoms with E-state index in [1.54, 1.807) is 6.08 Å². The topological polar surface area (TPSA) is 59.6 Å². The number of para-hydroxylation sites is 2. The number of benzene rings is 2. The normalized spacial score (nSPS) is 10.7. The third-order valence-electron chi connectivity index (χ3n) is 3.56. The van der Waals surface area contributed by atoms with Crippen LogP contribution in [0.4, 0.5) is 5.69 Å². The Kier molecular flexibility index (Phi) is 8.49. The number of rotatable bonds is 8. The Morgan fingerprint density at radius 1 is 1.11 bits per heavy atom. The van der Waals surface area contributed by atoms with Crippen LogP contribution in [0.1, 0.15) is 26.3 Å². The number of carbonyl (C=O) groups excluding carboxylic acids is 1. The minimum absolute atomic E-state index is 0.210. The summed E-state index contributed by atoms with van der Waals surface area (Å²) in [4.78, 5) is 12.1. The van der Waals surface area contributed by atoms with E-state index >= 15 is 0 Å². The largest absolute Gasteiger partial charge is 0.494 e. The minimum atomic E-state index is -0.313. The Labute approximate surface area is 171 Å². The van der Waals surface area contributed by atoms with Crippen molar-refractivity contribution in [3.63, 3.8) is 0 Å². The summed E-state index contributed by atoms with van der Waals surface area (Å²) in [6.45, 7) is 7.31. The highest BCUT2D eigenvalue weighted by molar-refractivity contribution is 7.80. The van der Waals surface area contributed by atoms with Crippen molar-refractivity contribution in [1.82, 2.24) is 5.32 Å². The van der Waals surface area contributed by atoms with Crippen LogP contribution < -0.4 is 20.1 Å². The number of ether oxygens (including phenoxy) is 2. The lowest BCUT2D eigenvalue weighted by molar-refractivity contribution is -0.115. The molecule has 0 atom stereocenters. The summed E-state index contributed by atoms with van der Waals surface area (Å²) < 4.78 is 11.2. The lowest BCUT2D eigenvalue weighted by atomic mass is 10.2. The molecule has 2 N–H and O–H groups in total. The van der Waals surface area contributed by atoms with Gasteiger partial charge in [-0.1, -0.05) is 38.1 Å². The lowest BCUT2D eigenvalue weighted by Crippen LogP contribution is -2.33. The number of thiocarbonyl (C=S) groups is 1. The molecule has 0 radical (unpaired) electrons. The third kappa shape index (κ3) is 7.40. The monoisotopic (exact) mass is 398 g/mol. The molecule has 148 valence electrons. The maximum Gasteiger partial charge on any atom is 0.250 e. The van der Waals surface area contributed by atoms with Gasteiger partial charge in [0.05, 0.1) is 18.9 Å². The van der Waals surface area contributed by atoms with Gasteiger partial charge in [-0.3, -0.25) is 10.1 Å². The molecule has 2 aromatic carbocycles. The van der Waals surface area contributed by atoms with Crippen LogP contribution in [-0.4, -0.2) is 24.2 Å². The fraction of sp³-hybridized carbons (Fsp3) is 0.273. The Balaban J connectivity index is 1.89. The van der Waals surface area contributed by atoms with Gasteiger partial charge in [0.2, 0.25) is 5.91 Å². The highest BCUT2D eigenvalue weighted by atomic mass is 32.1. The number of anilines is 1. The second kappa shape index (κ2) is 11.1. The van der Waals surface area contributed by atoms with Crippen LogP contribution in [0.2, 0.25) is 0 Å². The second-order valence-corrected chi connectivity index (χ2v) is 6.89. The molecule has 0 saturated heterocycles. The molecule has 5 nitrogen and oxygen atoms in total. The van der Waals surface area contributed by atoms with Crippen LogP contribution in [0.25, 0.3) is 6.08 Å². The third-order valence-corrected chi connectivity index (χ3v) is 3.77. The summed E-state index contributed by atoms with van der Waals surface area (Å²) >= 11 is 5.24. The minimum Gasteiger partial charge on any atom is -0.494 e. The van der Waals surface area contributed by atoms with Crippen molar-refractivity contribution < 1.29 is 14.3 Å². The molecule has 0 aliphatic carbocycles. The first-order chi connectivity index (χ1) is 13.5. The molecule has 0 unspecified atom stereocenters. The highest BCUT2D eigenvalue weighted by Gasteiger charge is 2.07. The van der Waals surface area contributed by atoms with E-state index in [0.29, 0.717) is 30.6 Å². The van der Waals surface area contributed by atoms with Crippen molar-refractivity contribution in [2.24, 2.45) is 5.92 Å². The molecule has 6 heteroatoms. The van der Waals surface area contributed by atoms with Crippen molar-refractivity contribution in [3.8, 4) is 11.5 Å². The van der Waals surface area contributed by atoms with E-state index in [0.717, 1.165) is 11.3 Å². The standard InChI is InChI=1S/C22H26N2O3S/c1-4-26-18-12-9-17(10-13-18)11-14-21(25)24-22(28)23-19-7-5-6-8-20(19)27-15-16(2)3/h5-14,16H,4,15H2,1-3H3,(H2,23,24,25,28)/b14-11+. The second-order valence-electron chi connectivity index (χ2n) is 6.48. The molecule has 1 amide bonds. The first-order valence-electron chi connectivity index (χ1n) is 9.22. The van der Waals surface area contributed by atoms with Crippen molar-refractivity contribution in [1.29, 1.82) is 0 Å². The summed E-state index contributed by atoms with van der Waals surface area (Å²) in [7, 11) is 0. The molecule has 0 spiro atoms. The predicted molar refractivity (Wildman–Crippen MR) is 118 cm³/mol. The van der Waals surface area contributed by atoms with Gasteiger partial charge in [-0.25, -0.2) is 0 Å². The fourth-order valence-corrected chi connectivity index (χ4v) is 2.48. The fourth-order valence-electron chi connectivity index (χ4n) is 2.27. The predicted octanol–water partition coefficient (Wildman–Crippen LogP) is 4.65. The summed E-state index contributed by atoms with van der Waals surface area (Å²) in [5.74, 6) is 1.59. The van der Waals surface area contributed by atoms with Crippen molar-refractivity contribution in [3.05, 3.63) is 60.2 Å². The maximum atomic E-state index is 12.1. The van der Waals surface area contributed by atoms with E-state index < -0.39 is 0 Å². The van der Waals surface area contributed by atoms with Gasteiger partial charge < -0.3 is 14.8 Å². The first kappa shape index (κ1) is 21.4. The lowest BCUT2D eigenvalue weighted by Gasteiger charge is -2.15. The molecular weight excluding hydrogens is 372 g/mol. The van der Waals surface area contributed by atoms with Gasteiger partial charge in [-0.2, -0.15) is 0 Å². The molecule has 0 bridgehead atoms. The van der Waals surface area contributed by atoms with Crippen LogP contribution in [0, 0.1) is 5.92 Å². The van der Waals surface area contributed by atoms with Crippen molar-refractivity contribution in [2.45, 2.75) is 20.8 Å². The van der Waals surface area contributed by atoms with Gasteiger partial charge in [-0.15, -0.1) is 0 Å². The summed E-state index contributed by atoms with van der Waals surface area (Å²) in [6.07, 6.45) is 3.15. The molecular formula is C22H26N2O3S. The zero-order chi connectivity index (χ0) is 20.4. The molecule has 0 aliphatic rings. The van der Waals surface area contributed by atoms with Crippen LogP contribution in [0.5, 0.6) is 11.5 Å². The zero-order valence-corrected chi connectivity index (χ0v) is 17.2. The summed E-state index contributed by atoms with van der Waals surface area (Å²) in [6, 6.07) is 15.0. The SMILES string of the molecule is CCOc1ccc(/C=C/C(=O)NC(=S)Nc2ccccc2OCC(C)C)cc1. The Morgan fingerprint density at radius 3 is 2.50 bits per heavy atom. The molecule has 0 fully saturated rings.